The number of carbonyl (C=O) groups excluding carboxylic acids is 1. The minimum Gasteiger partial charge on any atom is -0.760 e. The lowest BCUT2D eigenvalue weighted by Gasteiger charge is -2.35. The minimum atomic E-state index is -2.24. The van der Waals surface area contributed by atoms with Crippen LogP contribution < -0.4 is 10.2 Å². The third-order valence-electron chi connectivity index (χ3n) is 5.35. The first kappa shape index (κ1) is 21.2. The van der Waals surface area contributed by atoms with E-state index in [1.807, 2.05) is 24.0 Å². The molecular weight excluding hydrogens is 446 g/mol. The van der Waals surface area contributed by atoms with E-state index >= 15 is 0 Å². The largest absolute Gasteiger partial charge is 0.760 e. The Balaban J connectivity index is 1.46. The first-order valence-electron chi connectivity index (χ1n) is 10.2. The Kier molecular flexibility index (Phi) is 5.58. The van der Waals surface area contributed by atoms with Gasteiger partial charge in [-0.05, 0) is 24.6 Å². The number of amides is 1. The number of piperazine rings is 1. The molecule has 1 N–H and O–H groups in total. The van der Waals surface area contributed by atoms with E-state index in [0.29, 0.717) is 54.8 Å². The number of anilines is 2. The maximum Gasteiger partial charge on any atom is 0.262 e. The Morgan fingerprint density at radius 3 is 2.67 bits per heavy atom. The average molecular weight is 467 g/mol. The van der Waals surface area contributed by atoms with Crippen molar-refractivity contribution in [1.82, 2.24) is 33.7 Å². The van der Waals surface area contributed by atoms with Gasteiger partial charge >= 0.3 is 0 Å². The zero-order valence-corrected chi connectivity index (χ0v) is 18.5. The van der Waals surface area contributed by atoms with Crippen LogP contribution in [0.2, 0.25) is 0 Å². The number of hydrogen-bond donors (Lipinski definition) is 1. The molecule has 0 aliphatic carbocycles. The molecular formula is C20H20N9O3S-. The van der Waals surface area contributed by atoms with Crippen molar-refractivity contribution in [2.75, 3.05) is 36.4 Å². The number of rotatable bonds is 5. The van der Waals surface area contributed by atoms with Gasteiger partial charge in [0.25, 0.3) is 5.91 Å². The lowest BCUT2D eigenvalue weighted by Crippen LogP contribution is -2.47. The molecule has 4 aromatic rings. The van der Waals surface area contributed by atoms with Gasteiger partial charge in [-0.15, -0.1) is 5.10 Å². The molecule has 1 saturated heterocycles. The van der Waals surface area contributed by atoms with Crippen LogP contribution in [0, 0.1) is 6.92 Å². The zero-order valence-electron chi connectivity index (χ0n) is 17.7. The van der Waals surface area contributed by atoms with Crippen molar-refractivity contribution < 1.29 is 13.6 Å². The number of aryl methyl sites for hydroxylation is 1. The molecule has 1 aliphatic heterocycles. The molecule has 1 aliphatic rings. The second kappa shape index (κ2) is 8.69. The van der Waals surface area contributed by atoms with Gasteiger partial charge in [-0.1, -0.05) is 6.07 Å². The van der Waals surface area contributed by atoms with Crippen LogP contribution in [0.15, 0.2) is 49.1 Å². The Morgan fingerprint density at radius 1 is 1.12 bits per heavy atom. The molecule has 4 aromatic heterocycles. The smallest absolute Gasteiger partial charge is 0.262 e. The predicted octanol–water partition coefficient (Wildman–Crippen LogP) is 0.787. The van der Waals surface area contributed by atoms with Crippen molar-refractivity contribution in [3.05, 3.63) is 60.2 Å². The average Bonchev–Trinajstić information content (AvgIpc) is 3.44. The zero-order chi connectivity index (χ0) is 22.9. The fourth-order valence-electron chi connectivity index (χ4n) is 3.61. The van der Waals surface area contributed by atoms with Crippen molar-refractivity contribution in [2.45, 2.75) is 6.92 Å². The summed E-state index contributed by atoms with van der Waals surface area (Å²) in [6.07, 6.45) is 6.50. The van der Waals surface area contributed by atoms with Gasteiger partial charge in [0.2, 0.25) is 0 Å². The number of nitrogens with zero attached hydrogens (tertiary/aromatic N) is 8. The summed E-state index contributed by atoms with van der Waals surface area (Å²) in [6.45, 7) is 3.63. The maximum atomic E-state index is 13.1. The highest BCUT2D eigenvalue weighted by molar-refractivity contribution is 7.76. The molecule has 33 heavy (non-hydrogen) atoms. The van der Waals surface area contributed by atoms with Crippen molar-refractivity contribution in [2.24, 2.45) is 0 Å². The molecule has 0 bridgehead atoms. The number of carbonyl (C=O) groups is 1. The normalized spacial score (nSPS) is 15.6. The molecule has 13 heteroatoms. The summed E-state index contributed by atoms with van der Waals surface area (Å²) >= 11 is -2.24. The third-order valence-corrected chi connectivity index (χ3v) is 6.13. The van der Waals surface area contributed by atoms with Crippen LogP contribution in [0.4, 0.5) is 11.6 Å². The van der Waals surface area contributed by atoms with Crippen molar-refractivity contribution in [3.63, 3.8) is 0 Å². The summed E-state index contributed by atoms with van der Waals surface area (Å²) in [6, 6.07) is 7.21. The van der Waals surface area contributed by atoms with Gasteiger partial charge in [-0.3, -0.25) is 9.00 Å². The molecule has 1 amide bonds. The van der Waals surface area contributed by atoms with E-state index < -0.39 is 11.3 Å². The third kappa shape index (κ3) is 4.20. The molecule has 5 rings (SSSR count). The highest BCUT2D eigenvalue weighted by atomic mass is 32.2. The summed E-state index contributed by atoms with van der Waals surface area (Å²) in [5, 5.41) is 11.7. The summed E-state index contributed by atoms with van der Waals surface area (Å²) in [5.74, 6) is 1.20. The second-order valence-electron chi connectivity index (χ2n) is 7.53. The first-order chi connectivity index (χ1) is 16.0. The minimum absolute atomic E-state index is 0.327. The van der Waals surface area contributed by atoms with Gasteiger partial charge in [-0.25, -0.2) is 18.8 Å². The molecule has 0 aromatic carbocycles. The van der Waals surface area contributed by atoms with Gasteiger partial charge < -0.3 is 14.8 Å². The summed E-state index contributed by atoms with van der Waals surface area (Å²) in [5.41, 5.74) is 1.76. The molecule has 12 nitrogen and oxygen atoms in total. The van der Waals surface area contributed by atoms with Crippen LogP contribution in [0.3, 0.4) is 0 Å². The van der Waals surface area contributed by atoms with Gasteiger partial charge in [-0.2, -0.15) is 9.78 Å². The molecule has 0 saturated carbocycles. The van der Waals surface area contributed by atoms with Crippen molar-refractivity contribution >= 4 is 34.5 Å². The molecule has 5 heterocycles. The molecule has 170 valence electrons. The Bertz CT molecular complexity index is 1330. The number of aromatic nitrogens is 6. The summed E-state index contributed by atoms with van der Waals surface area (Å²) in [7, 11) is 0. The van der Waals surface area contributed by atoms with Crippen LogP contribution in [-0.2, 0) is 11.3 Å². The van der Waals surface area contributed by atoms with Gasteiger partial charge in [0, 0.05) is 62.1 Å². The molecule has 0 radical (unpaired) electrons. The fraction of sp³-hybridized carbons (Fsp3) is 0.250. The Hall–Kier alpha value is -3.68. The second-order valence-corrected chi connectivity index (χ2v) is 8.48. The summed E-state index contributed by atoms with van der Waals surface area (Å²) in [4.78, 5) is 23.7. The Morgan fingerprint density at radius 2 is 1.94 bits per heavy atom. The van der Waals surface area contributed by atoms with E-state index in [2.05, 4.69) is 25.5 Å². The van der Waals surface area contributed by atoms with Crippen LogP contribution in [-0.4, -0.2) is 74.5 Å². The van der Waals surface area contributed by atoms with E-state index in [0.717, 1.165) is 5.56 Å². The molecule has 0 spiro atoms. The van der Waals surface area contributed by atoms with Gasteiger partial charge in [0.05, 0.1) is 6.20 Å². The van der Waals surface area contributed by atoms with Gasteiger partial charge in [0.15, 0.2) is 17.3 Å². The van der Waals surface area contributed by atoms with Crippen LogP contribution in [0.25, 0.3) is 11.5 Å². The molecule has 1 unspecified atom stereocenters. The number of hydrogen-bond acceptors (Lipinski definition) is 8. The quantitative estimate of drug-likeness (QED) is 0.426. The molecule has 1 atom stereocenters. The van der Waals surface area contributed by atoms with Crippen molar-refractivity contribution in [1.29, 1.82) is 0 Å². The van der Waals surface area contributed by atoms with E-state index in [1.54, 1.807) is 35.4 Å². The van der Waals surface area contributed by atoms with Crippen LogP contribution in [0.5, 0.6) is 0 Å². The topological polar surface area (TPSA) is 137 Å². The highest BCUT2D eigenvalue weighted by Gasteiger charge is 2.23. The lowest BCUT2D eigenvalue weighted by atomic mass is 10.3. The summed E-state index contributed by atoms with van der Waals surface area (Å²) < 4.78 is 26.9. The first-order valence-corrected chi connectivity index (χ1v) is 11.2. The predicted molar refractivity (Wildman–Crippen MR) is 120 cm³/mol. The standard InChI is InChI=1S/C20H21N9O3S/c1-14-3-4-16(22-12-14)29-17(11-18(25-29)26-7-9-27(10-8-26)33(31)32)24-20(30)15-13-23-28-6-2-5-21-19(15)28/h2-6,11-13H,7-10H2,1H3,(H,24,30)(H,31,32)/p-1. The van der Waals surface area contributed by atoms with E-state index in [9.17, 15) is 13.6 Å². The highest BCUT2D eigenvalue weighted by Crippen LogP contribution is 2.24. The lowest BCUT2D eigenvalue weighted by molar-refractivity contribution is 0.102. The number of fused-ring (bicyclic) bond motifs is 1. The number of pyridine rings is 1. The monoisotopic (exact) mass is 466 g/mol. The van der Waals surface area contributed by atoms with E-state index in [4.69, 9.17) is 0 Å². The fourth-order valence-corrected chi connectivity index (χ4v) is 4.07. The van der Waals surface area contributed by atoms with Gasteiger partial charge in [0.1, 0.15) is 11.4 Å². The van der Waals surface area contributed by atoms with Crippen molar-refractivity contribution in [3.8, 4) is 5.82 Å². The van der Waals surface area contributed by atoms with E-state index in [-0.39, 0.29) is 5.91 Å². The van der Waals surface area contributed by atoms with Crippen LogP contribution in [0.1, 0.15) is 15.9 Å². The van der Waals surface area contributed by atoms with Crippen LogP contribution >= 0.6 is 0 Å². The maximum absolute atomic E-state index is 13.1. The molecule has 1 fully saturated rings. The number of nitrogens with one attached hydrogen (secondary N) is 1. The Labute approximate surface area is 191 Å². The van der Waals surface area contributed by atoms with E-state index in [1.165, 1.54) is 15.0 Å². The SMILES string of the molecule is Cc1ccc(-n2nc(N3CCN(S(=O)[O-])CC3)cc2NC(=O)c2cnn3cccnc23)nc1.